The van der Waals surface area contributed by atoms with Crippen molar-refractivity contribution >= 4 is 35.1 Å². The summed E-state index contributed by atoms with van der Waals surface area (Å²) in [5.41, 5.74) is 1.86. The molecule has 0 radical (unpaired) electrons. The van der Waals surface area contributed by atoms with Gasteiger partial charge in [0.2, 0.25) is 5.95 Å². The number of anilines is 4. The van der Waals surface area contributed by atoms with Crippen LogP contribution in [0.15, 0.2) is 54.7 Å². The first-order valence-electron chi connectivity index (χ1n) is 8.20. The number of methoxy groups -OCH3 is 2. The number of ether oxygens (including phenoxy) is 2. The molecule has 0 saturated heterocycles. The maximum Gasteiger partial charge on any atom is 0.339 e. The number of nitrogens with one attached hydrogen (secondary N) is 2. The molecule has 9 heteroatoms. The van der Waals surface area contributed by atoms with Crippen LogP contribution in [0, 0.1) is 0 Å². The minimum atomic E-state index is -0.482. The number of para-hydroxylation sites is 1. The van der Waals surface area contributed by atoms with Crippen molar-refractivity contribution in [2.45, 2.75) is 0 Å². The summed E-state index contributed by atoms with van der Waals surface area (Å²) >= 11 is 0. The molecule has 0 unspecified atom stereocenters. The first-order valence-corrected chi connectivity index (χ1v) is 8.20. The van der Waals surface area contributed by atoms with Gasteiger partial charge in [-0.1, -0.05) is 18.2 Å². The van der Waals surface area contributed by atoms with Gasteiger partial charge < -0.3 is 20.1 Å². The molecule has 0 aliphatic rings. The fourth-order valence-corrected chi connectivity index (χ4v) is 2.41. The molecular formula is C19H17N5O4. The second-order valence-corrected chi connectivity index (χ2v) is 5.52. The van der Waals surface area contributed by atoms with Gasteiger partial charge in [-0.15, -0.1) is 5.10 Å². The molecule has 9 nitrogen and oxygen atoms in total. The van der Waals surface area contributed by atoms with Gasteiger partial charge in [0, 0.05) is 5.69 Å². The van der Waals surface area contributed by atoms with Crippen LogP contribution in [0.1, 0.15) is 20.7 Å². The number of aromatic nitrogens is 3. The minimum Gasteiger partial charge on any atom is -0.465 e. The summed E-state index contributed by atoms with van der Waals surface area (Å²) in [7, 11) is 2.63. The second kappa shape index (κ2) is 8.58. The predicted octanol–water partition coefficient (Wildman–Crippen LogP) is 2.93. The molecule has 142 valence electrons. The Balaban J connectivity index is 1.81. The number of nitrogens with zero attached hydrogens (tertiary/aromatic N) is 3. The van der Waals surface area contributed by atoms with Gasteiger partial charge in [-0.25, -0.2) is 9.59 Å². The summed E-state index contributed by atoms with van der Waals surface area (Å²) in [6, 6.07) is 13.6. The third kappa shape index (κ3) is 4.39. The van der Waals surface area contributed by atoms with E-state index in [9.17, 15) is 9.59 Å². The number of carbonyl (C=O) groups excluding carboxylic acids is 2. The molecule has 3 rings (SSSR count). The smallest absolute Gasteiger partial charge is 0.339 e. The molecule has 0 spiro atoms. The van der Waals surface area contributed by atoms with Crippen LogP contribution in [0.2, 0.25) is 0 Å². The maximum atomic E-state index is 11.9. The number of carbonyl (C=O) groups is 2. The van der Waals surface area contributed by atoms with Crippen molar-refractivity contribution < 1.29 is 19.1 Å². The third-order valence-electron chi connectivity index (χ3n) is 3.69. The van der Waals surface area contributed by atoms with Gasteiger partial charge in [-0.3, -0.25) is 0 Å². The molecule has 0 fully saturated rings. The Morgan fingerprint density at radius 3 is 2.50 bits per heavy atom. The average Bonchev–Trinajstić information content (AvgIpc) is 2.73. The summed E-state index contributed by atoms with van der Waals surface area (Å²) in [4.78, 5) is 27.8. The fraction of sp³-hybridized carbons (Fsp3) is 0.105. The van der Waals surface area contributed by atoms with E-state index in [2.05, 4.69) is 25.8 Å². The summed E-state index contributed by atoms with van der Waals surface area (Å²) in [5, 5.41) is 13.8. The molecular weight excluding hydrogens is 362 g/mol. The van der Waals surface area contributed by atoms with E-state index < -0.39 is 11.9 Å². The van der Waals surface area contributed by atoms with Crippen LogP contribution in [0.3, 0.4) is 0 Å². The van der Waals surface area contributed by atoms with Gasteiger partial charge in [-0.2, -0.15) is 10.1 Å². The first-order chi connectivity index (χ1) is 13.6. The number of hydrogen-bond acceptors (Lipinski definition) is 9. The summed E-state index contributed by atoms with van der Waals surface area (Å²) in [6.07, 6.45) is 1.43. The maximum absolute atomic E-state index is 11.9. The Kier molecular flexibility index (Phi) is 5.75. The lowest BCUT2D eigenvalue weighted by atomic mass is 10.2. The van der Waals surface area contributed by atoms with E-state index >= 15 is 0 Å². The molecule has 28 heavy (non-hydrogen) atoms. The zero-order chi connectivity index (χ0) is 19.9. The van der Waals surface area contributed by atoms with E-state index in [0.717, 1.165) is 0 Å². The molecule has 1 aromatic heterocycles. The van der Waals surface area contributed by atoms with Crippen LogP contribution in [-0.2, 0) is 9.47 Å². The number of benzene rings is 2. The molecule has 0 atom stereocenters. The highest BCUT2D eigenvalue weighted by Gasteiger charge is 2.12. The van der Waals surface area contributed by atoms with Crippen LogP contribution in [-0.4, -0.2) is 41.3 Å². The van der Waals surface area contributed by atoms with Crippen LogP contribution in [0.25, 0.3) is 0 Å². The van der Waals surface area contributed by atoms with Crippen LogP contribution < -0.4 is 10.6 Å². The van der Waals surface area contributed by atoms with E-state index in [1.807, 2.05) is 0 Å². The number of rotatable bonds is 6. The molecule has 1 heterocycles. The van der Waals surface area contributed by atoms with Crippen LogP contribution >= 0.6 is 0 Å². The predicted molar refractivity (Wildman–Crippen MR) is 102 cm³/mol. The Labute approximate surface area is 160 Å². The molecule has 2 N–H and O–H groups in total. The lowest BCUT2D eigenvalue weighted by Crippen LogP contribution is -2.08. The SMILES string of the molecule is COC(=O)c1cccc(Nc2cnnc(Nc3ccccc3C(=O)OC)n2)c1. The van der Waals surface area contributed by atoms with Gasteiger partial charge in [0.15, 0.2) is 5.82 Å². The lowest BCUT2D eigenvalue weighted by molar-refractivity contribution is 0.0592. The summed E-state index contributed by atoms with van der Waals surface area (Å²) in [5.74, 6) is -0.336. The molecule has 3 aromatic rings. The zero-order valence-electron chi connectivity index (χ0n) is 15.2. The monoisotopic (exact) mass is 379 g/mol. The topological polar surface area (TPSA) is 115 Å². The Morgan fingerprint density at radius 1 is 0.929 bits per heavy atom. The highest BCUT2D eigenvalue weighted by Crippen LogP contribution is 2.21. The first kappa shape index (κ1) is 18.8. The third-order valence-corrected chi connectivity index (χ3v) is 3.69. The van der Waals surface area contributed by atoms with Crippen molar-refractivity contribution in [3.05, 3.63) is 65.9 Å². The number of esters is 2. The van der Waals surface area contributed by atoms with E-state index in [4.69, 9.17) is 9.47 Å². The van der Waals surface area contributed by atoms with E-state index in [-0.39, 0.29) is 5.95 Å². The summed E-state index contributed by atoms with van der Waals surface area (Å²) in [6.45, 7) is 0. The minimum absolute atomic E-state index is 0.186. The highest BCUT2D eigenvalue weighted by molar-refractivity contribution is 5.96. The Hall–Kier alpha value is -4.01. The molecule has 0 aliphatic carbocycles. The van der Waals surface area contributed by atoms with Gasteiger partial charge in [-0.05, 0) is 30.3 Å². The van der Waals surface area contributed by atoms with Crippen molar-refractivity contribution in [1.29, 1.82) is 0 Å². The summed E-state index contributed by atoms with van der Waals surface area (Å²) < 4.78 is 9.49. The average molecular weight is 379 g/mol. The van der Waals surface area contributed by atoms with Crippen molar-refractivity contribution in [3.63, 3.8) is 0 Å². The van der Waals surface area contributed by atoms with Crippen LogP contribution in [0.4, 0.5) is 23.1 Å². The van der Waals surface area contributed by atoms with Gasteiger partial charge >= 0.3 is 11.9 Å². The molecule has 0 aliphatic heterocycles. The zero-order valence-corrected chi connectivity index (χ0v) is 15.2. The quantitative estimate of drug-likeness (QED) is 0.624. The van der Waals surface area contributed by atoms with Crippen molar-refractivity contribution in [2.75, 3.05) is 24.9 Å². The molecule has 0 bridgehead atoms. The van der Waals surface area contributed by atoms with Gasteiger partial charge in [0.25, 0.3) is 0 Å². The normalized spacial score (nSPS) is 10.1. The highest BCUT2D eigenvalue weighted by atomic mass is 16.5. The van der Waals surface area contributed by atoms with E-state index in [1.54, 1.807) is 48.5 Å². The van der Waals surface area contributed by atoms with E-state index in [1.165, 1.54) is 20.4 Å². The fourth-order valence-electron chi connectivity index (χ4n) is 2.41. The molecule has 2 aromatic carbocycles. The van der Waals surface area contributed by atoms with Crippen molar-refractivity contribution in [2.24, 2.45) is 0 Å². The standard InChI is InChI=1S/C19H17N5O4/c1-27-17(25)12-6-5-7-13(10-12)21-16-11-20-24-19(23-16)22-15-9-4-3-8-14(15)18(26)28-2/h3-11H,1-2H3,(H2,21,22,23,24). The molecule has 0 saturated carbocycles. The van der Waals surface area contributed by atoms with E-state index in [0.29, 0.717) is 28.3 Å². The molecule has 0 amide bonds. The van der Waals surface area contributed by atoms with Gasteiger partial charge in [0.05, 0.1) is 37.2 Å². The lowest BCUT2D eigenvalue weighted by Gasteiger charge is -2.10. The Morgan fingerprint density at radius 2 is 1.71 bits per heavy atom. The second-order valence-electron chi connectivity index (χ2n) is 5.52. The van der Waals surface area contributed by atoms with Crippen molar-refractivity contribution in [3.8, 4) is 0 Å². The Bertz CT molecular complexity index is 1010. The van der Waals surface area contributed by atoms with Crippen molar-refractivity contribution in [1.82, 2.24) is 15.2 Å². The van der Waals surface area contributed by atoms with Gasteiger partial charge in [0.1, 0.15) is 0 Å². The number of hydrogen-bond donors (Lipinski definition) is 2. The largest absolute Gasteiger partial charge is 0.465 e. The van der Waals surface area contributed by atoms with Crippen LogP contribution in [0.5, 0.6) is 0 Å².